The van der Waals surface area contributed by atoms with Crippen molar-refractivity contribution in [1.29, 1.82) is 0 Å². The summed E-state index contributed by atoms with van der Waals surface area (Å²) in [5, 5.41) is 8.78. The monoisotopic (exact) mass is 315 g/mol. The van der Waals surface area contributed by atoms with Crippen molar-refractivity contribution in [3.05, 3.63) is 47.5 Å². The first-order valence-electron chi connectivity index (χ1n) is 7.16. The van der Waals surface area contributed by atoms with Crippen molar-refractivity contribution in [2.75, 3.05) is 13.1 Å². The van der Waals surface area contributed by atoms with E-state index in [0.29, 0.717) is 0 Å². The van der Waals surface area contributed by atoms with Crippen LogP contribution < -0.4 is 10.0 Å². The minimum Gasteiger partial charge on any atom is -0.542 e. The summed E-state index contributed by atoms with van der Waals surface area (Å²) in [7, 11) is 0. The lowest BCUT2D eigenvalue weighted by atomic mass is 10.1. The highest BCUT2D eigenvalue weighted by atomic mass is 19.4. The molecule has 1 aromatic carbocycles. The van der Waals surface area contributed by atoms with Crippen LogP contribution in [0, 0.1) is 0 Å². The van der Waals surface area contributed by atoms with E-state index in [1.165, 1.54) is 38.0 Å². The van der Waals surface area contributed by atoms with Crippen LogP contribution in [0.3, 0.4) is 0 Å². The molecule has 6 heteroatoms. The van der Waals surface area contributed by atoms with Crippen LogP contribution in [-0.4, -0.2) is 25.2 Å². The zero-order valence-corrected chi connectivity index (χ0v) is 12.5. The number of nitrogens with one attached hydrogen (secondary N) is 1. The second-order valence-corrected chi connectivity index (χ2v) is 5.13. The Morgan fingerprint density at radius 3 is 2.36 bits per heavy atom. The van der Waals surface area contributed by atoms with Gasteiger partial charge in [-0.15, -0.1) is 0 Å². The Labute approximate surface area is 128 Å². The van der Waals surface area contributed by atoms with Crippen LogP contribution in [0.25, 0.3) is 0 Å². The third-order valence-electron chi connectivity index (χ3n) is 3.39. The molecule has 0 aromatic heterocycles. The van der Waals surface area contributed by atoms with Crippen molar-refractivity contribution in [2.45, 2.75) is 32.5 Å². The molecule has 0 spiro atoms. The predicted octanol–water partition coefficient (Wildman–Crippen LogP) is 1.11. The Balaban J connectivity index is 0.000000295. The van der Waals surface area contributed by atoms with Crippen LogP contribution in [0.2, 0.25) is 0 Å². The first-order chi connectivity index (χ1) is 10.3. The van der Waals surface area contributed by atoms with Gasteiger partial charge in [0.2, 0.25) is 0 Å². The summed E-state index contributed by atoms with van der Waals surface area (Å²) in [6, 6.07) is 10.8. The second-order valence-electron chi connectivity index (χ2n) is 5.13. The summed E-state index contributed by atoms with van der Waals surface area (Å²) in [6.45, 7) is 5.97. The highest BCUT2D eigenvalue weighted by molar-refractivity contribution is 5.70. The lowest BCUT2D eigenvalue weighted by Crippen LogP contribution is -3.11. The Morgan fingerprint density at radius 1 is 1.27 bits per heavy atom. The van der Waals surface area contributed by atoms with Crippen LogP contribution >= 0.6 is 0 Å². The summed E-state index contributed by atoms with van der Waals surface area (Å²) in [4.78, 5) is 10.5. The van der Waals surface area contributed by atoms with E-state index >= 15 is 0 Å². The summed E-state index contributed by atoms with van der Waals surface area (Å²) < 4.78 is 31.5. The van der Waals surface area contributed by atoms with Crippen LogP contribution in [-0.2, 0) is 11.3 Å². The molecule has 1 N–H and O–H groups in total. The van der Waals surface area contributed by atoms with Gasteiger partial charge in [-0.25, -0.2) is 0 Å². The number of hydrogen-bond acceptors (Lipinski definition) is 2. The first kappa shape index (κ1) is 18.2. The van der Waals surface area contributed by atoms with Gasteiger partial charge in [0.15, 0.2) is 0 Å². The molecule has 1 aliphatic heterocycles. The molecule has 122 valence electrons. The van der Waals surface area contributed by atoms with Crippen LogP contribution in [0.5, 0.6) is 0 Å². The number of carboxylic acids is 1. The van der Waals surface area contributed by atoms with E-state index in [2.05, 4.69) is 43.3 Å². The number of benzene rings is 1. The molecular weight excluding hydrogens is 295 g/mol. The van der Waals surface area contributed by atoms with Gasteiger partial charge >= 0.3 is 6.18 Å². The molecule has 1 aliphatic rings. The number of quaternary nitrogens is 1. The van der Waals surface area contributed by atoms with Gasteiger partial charge in [-0.1, -0.05) is 43.3 Å². The fourth-order valence-corrected chi connectivity index (χ4v) is 2.27. The molecule has 3 nitrogen and oxygen atoms in total. The van der Waals surface area contributed by atoms with Crippen molar-refractivity contribution in [2.24, 2.45) is 0 Å². The van der Waals surface area contributed by atoms with Gasteiger partial charge in [-0.3, -0.25) is 0 Å². The van der Waals surface area contributed by atoms with E-state index in [-0.39, 0.29) is 0 Å². The van der Waals surface area contributed by atoms with Gasteiger partial charge in [-0.05, 0) is 12.0 Å². The minimum absolute atomic E-state index is 1.18. The number of carbonyl (C=O) groups is 1. The van der Waals surface area contributed by atoms with Crippen molar-refractivity contribution < 1.29 is 28.0 Å². The van der Waals surface area contributed by atoms with E-state index in [1.807, 2.05) is 0 Å². The lowest BCUT2D eigenvalue weighted by molar-refractivity contribution is -0.910. The fraction of sp³-hybridized carbons (Fsp3) is 0.438. The summed E-state index contributed by atoms with van der Waals surface area (Å²) in [5.41, 5.74) is 3.09. The van der Waals surface area contributed by atoms with E-state index in [0.717, 1.165) is 0 Å². The van der Waals surface area contributed by atoms with E-state index < -0.39 is 12.1 Å². The Bertz CT molecular complexity index is 498. The number of rotatable bonds is 3. The van der Waals surface area contributed by atoms with Crippen LogP contribution in [0.4, 0.5) is 13.2 Å². The normalized spacial score (nSPS) is 18.0. The van der Waals surface area contributed by atoms with Gasteiger partial charge in [0.25, 0.3) is 0 Å². The number of hydrogen-bond donors (Lipinski definition) is 1. The number of halogens is 3. The molecule has 0 amide bonds. The molecule has 1 atom stereocenters. The predicted molar refractivity (Wildman–Crippen MR) is 74.9 cm³/mol. The average molecular weight is 315 g/mol. The largest absolute Gasteiger partial charge is 0.542 e. The zero-order chi connectivity index (χ0) is 16.6. The Hall–Kier alpha value is -1.82. The first-order valence-corrected chi connectivity index (χ1v) is 7.16. The molecule has 1 unspecified atom stereocenters. The molecule has 0 saturated heterocycles. The summed E-state index contributed by atoms with van der Waals surface area (Å²) >= 11 is 0. The number of carbonyl (C=O) groups excluding carboxylic acids is 1. The lowest BCUT2D eigenvalue weighted by Gasteiger charge is -2.24. The molecule has 0 fully saturated rings. The topological polar surface area (TPSA) is 44.6 Å². The standard InChI is InChI=1S/C14H19N.C2HF3O2/c1-2-13-9-6-10-15(11-13)12-14-7-4-3-5-8-14;3-2(4,5)1(6)7/h3-5,7-9H,2,6,10-12H2,1H3;(H,6,7). The molecule has 1 heterocycles. The molecule has 0 radical (unpaired) electrons. The molecule has 2 rings (SSSR count). The Morgan fingerprint density at radius 2 is 1.86 bits per heavy atom. The van der Waals surface area contributed by atoms with Crippen molar-refractivity contribution in [1.82, 2.24) is 0 Å². The van der Waals surface area contributed by atoms with Crippen LogP contribution in [0.1, 0.15) is 25.3 Å². The van der Waals surface area contributed by atoms with Gasteiger partial charge in [0, 0.05) is 12.0 Å². The van der Waals surface area contributed by atoms with Crippen molar-refractivity contribution >= 4 is 5.97 Å². The fourth-order valence-electron chi connectivity index (χ4n) is 2.27. The zero-order valence-electron chi connectivity index (χ0n) is 12.5. The third kappa shape index (κ3) is 6.76. The molecule has 0 bridgehead atoms. The van der Waals surface area contributed by atoms with E-state index in [9.17, 15) is 13.2 Å². The molecule has 22 heavy (non-hydrogen) atoms. The smallest absolute Gasteiger partial charge is 0.430 e. The second kappa shape index (κ2) is 8.58. The van der Waals surface area contributed by atoms with Gasteiger partial charge in [0.1, 0.15) is 12.5 Å². The quantitative estimate of drug-likeness (QED) is 0.849. The van der Waals surface area contributed by atoms with Gasteiger partial charge < -0.3 is 14.8 Å². The molecule has 1 aromatic rings. The maximum Gasteiger partial charge on any atom is 0.430 e. The van der Waals surface area contributed by atoms with E-state index in [1.54, 1.807) is 10.5 Å². The summed E-state index contributed by atoms with van der Waals surface area (Å²) in [6.07, 6.45) is -0.294. The maximum atomic E-state index is 10.5. The molecule has 0 aliphatic carbocycles. The average Bonchev–Trinajstić information content (AvgIpc) is 2.48. The van der Waals surface area contributed by atoms with E-state index in [4.69, 9.17) is 9.90 Å². The number of carboxylic acid groups (broad SMARTS) is 1. The minimum atomic E-state index is -5.19. The Kier molecular flexibility index (Phi) is 7.11. The molecule has 0 saturated carbocycles. The highest BCUT2D eigenvalue weighted by Gasteiger charge is 2.28. The van der Waals surface area contributed by atoms with Gasteiger partial charge in [-0.2, -0.15) is 13.2 Å². The van der Waals surface area contributed by atoms with Crippen molar-refractivity contribution in [3.8, 4) is 0 Å². The summed E-state index contributed by atoms with van der Waals surface area (Å²) in [5.74, 6) is -3.01. The number of alkyl halides is 3. The highest BCUT2D eigenvalue weighted by Crippen LogP contribution is 2.11. The van der Waals surface area contributed by atoms with Crippen molar-refractivity contribution in [3.63, 3.8) is 0 Å². The SMILES string of the molecule is CCC1=CCC[NH+](Cc2ccccc2)C1.O=C([O-])C(F)(F)F. The maximum absolute atomic E-state index is 10.5. The third-order valence-corrected chi connectivity index (χ3v) is 3.39. The van der Waals surface area contributed by atoms with Crippen LogP contribution in [0.15, 0.2) is 42.0 Å². The van der Waals surface area contributed by atoms with Gasteiger partial charge in [0.05, 0.1) is 13.1 Å². The molecular formula is C16H20F3NO2. The number of aliphatic carboxylic acids is 1.